The fourth-order valence-electron chi connectivity index (χ4n) is 3.14. The lowest BCUT2D eigenvalue weighted by molar-refractivity contribution is -0.113. The third-order valence-electron chi connectivity index (χ3n) is 4.88. The maximum Gasteiger partial charge on any atom is 0.275 e. The Hall–Kier alpha value is -3.79. The molecule has 0 bridgehead atoms. The molecule has 168 valence electrons. The predicted octanol–water partition coefficient (Wildman–Crippen LogP) is 5.19. The van der Waals surface area contributed by atoms with E-state index in [1.54, 1.807) is 60.7 Å². The van der Waals surface area contributed by atoms with Gasteiger partial charge >= 0.3 is 0 Å². The van der Waals surface area contributed by atoms with Gasteiger partial charge in [-0.3, -0.25) is 9.59 Å². The number of nitriles is 2. The third kappa shape index (κ3) is 5.76. The van der Waals surface area contributed by atoms with Gasteiger partial charge in [0.15, 0.2) is 0 Å². The number of hydrazone groups is 1. The van der Waals surface area contributed by atoms with Gasteiger partial charge in [0.05, 0.1) is 17.7 Å². The summed E-state index contributed by atoms with van der Waals surface area (Å²) in [5.74, 6) is -4.17. The molecule has 0 aliphatic rings. The zero-order valence-electron chi connectivity index (χ0n) is 17.4. The lowest BCUT2D eigenvalue weighted by atomic mass is 9.86. The van der Waals surface area contributed by atoms with Crippen molar-refractivity contribution in [3.63, 3.8) is 0 Å². The lowest BCUT2D eigenvalue weighted by Crippen LogP contribution is -2.31. The van der Waals surface area contributed by atoms with Crippen molar-refractivity contribution in [2.75, 3.05) is 0 Å². The molecule has 3 aromatic carbocycles. The number of Topliss-reactive ketones (excluding diaryl/α,β-unsaturated/α-hetero) is 1. The van der Waals surface area contributed by atoms with Crippen LogP contribution in [0.15, 0.2) is 86.8 Å². The van der Waals surface area contributed by atoms with Crippen molar-refractivity contribution in [1.29, 1.82) is 10.5 Å². The number of halogens is 2. The summed E-state index contributed by atoms with van der Waals surface area (Å²) < 4.78 is 1.55. The van der Waals surface area contributed by atoms with E-state index in [1.807, 2.05) is 12.1 Å². The number of amides is 1. The number of hydrogen-bond donors (Lipinski definition) is 2. The van der Waals surface area contributed by atoms with Gasteiger partial charge in [0.2, 0.25) is 5.78 Å². The molecule has 0 unspecified atom stereocenters. The Labute approximate surface area is 212 Å². The van der Waals surface area contributed by atoms with E-state index in [0.717, 1.165) is 8.95 Å². The highest BCUT2D eigenvalue weighted by atomic mass is 79.9. The number of aromatic hydroxyl groups is 1. The van der Waals surface area contributed by atoms with Crippen molar-refractivity contribution in [3.8, 4) is 17.9 Å². The first-order valence-electron chi connectivity index (χ1n) is 9.86. The Morgan fingerprint density at radius 1 is 0.824 bits per heavy atom. The quantitative estimate of drug-likeness (QED) is 0.294. The van der Waals surface area contributed by atoms with Crippen LogP contribution < -0.4 is 5.43 Å². The average Bonchev–Trinajstić information content (AvgIpc) is 2.84. The number of ketones is 1. The van der Waals surface area contributed by atoms with Crippen molar-refractivity contribution in [2.45, 2.75) is 11.8 Å². The highest BCUT2D eigenvalue weighted by Crippen LogP contribution is 2.26. The number of carbonyl (C=O) groups is 2. The van der Waals surface area contributed by atoms with E-state index in [1.165, 1.54) is 12.1 Å². The number of rotatable bonds is 7. The maximum atomic E-state index is 13.5. The largest absolute Gasteiger partial charge is 0.507 e. The van der Waals surface area contributed by atoms with Gasteiger partial charge in [-0.2, -0.15) is 15.6 Å². The van der Waals surface area contributed by atoms with Crippen molar-refractivity contribution >= 4 is 49.3 Å². The van der Waals surface area contributed by atoms with E-state index in [9.17, 15) is 25.2 Å². The molecule has 2 atom stereocenters. The van der Waals surface area contributed by atoms with Crippen LogP contribution in [0.25, 0.3) is 0 Å². The normalized spacial score (nSPS) is 12.6. The summed E-state index contributed by atoms with van der Waals surface area (Å²) in [6.07, 6.45) is 0. The van der Waals surface area contributed by atoms with Crippen molar-refractivity contribution in [2.24, 2.45) is 5.10 Å². The lowest BCUT2D eigenvalue weighted by Gasteiger charge is -2.16. The summed E-state index contributed by atoms with van der Waals surface area (Å²) in [5, 5.41) is 33.6. The summed E-state index contributed by atoms with van der Waals surface area (Å²) in [4.78, 5) is 26.1. The van der Waals surface area contributed by atoms with E-state index < -0.39 is 23.5 Å². The molecule has 3 rings (SSSR count). The third-order valence-corrected chi connectivity index (χ3v) is 5.94. The standard InChI is InChI=1S/C25H16Br2N4O3/c26-17-9-5-15(6-10-17)20(13-28)23(30-31-25(34)19-3-1-2-4-22(19)32)24(33)21(14-29)16-7-11-18(27)12-8-16/h1-12,20-21,32H,(H,31,34)/b30-23+/t20-,21-/m0/s1. The van der Waals surface area contributed by atoms with E-state index >= 15 is 0 Å². The molecule has 9 heteroatoms. The molecule has 0 aliphatic heterocycles. The molecule has 7 nitrogen and oxygen atoms in total. The van der Waals surface area contributed by atoms with Crippen molar-refractivity contribution in [3.05, 3.63) is 98.4 Å². The second-order valence-corrected chi connectivity index (χ2v) is 8.88. The second kappa shape index (κ2) is 11.4. The Morgan fingerprint density at radius 3 is 1.82 bits per heavy atom. The Morgan fingerprint density at radius 2 is 1.32 bits per heavy atom. The first-order valence-corrected chi connectivity index (χ1v) is 11.4. The van der Waals surface area contributed by atoms with Crippen LogP contribution in [0.2, 0.25) is 0 Å². The van der Waals surface area contributed by atoms with Gasteiger partial charge in [0.1, 0.15) is 23.3 Å². The number of nitrogens with zero attached hydrogens (tertiary/aromatic N) is 3. The van der Waals surface area contributed by atoms with Crippen LogP contribution in [-0.2, 0) is 4.79 Å². The van der Waals surface area contributed by atoms with Gasteiger partial charge in [0.25, 0.3) is 5.91 Å². The highest BCUT2D eigenvalue weighted by molar-refractivity contribution is 9.10. The number of hydrogen-bond acceptors (Lipinski definition) is 6. The fourth-order valence-corrected chi connectivity index (χ4v) is 3.66. The van der Waals surface area contributed by atoms with Crippen LogP contribution in [0.4, 0.5) is 0 Å². The Kier molecular flexibility index (Phi) is 8.31. The van der Waals surface area contributed by atoms with Gasteiger partial charge in [-0.25, -0.2) is 5.43 Å². The first kappa shape index (κ1) is 24.8. The molecular weight excluding hydrogens is 564 g/mol. The van der Waals surface area contributed by atoms with E-state index in [2.05, 4.69) is 42.4 Å². The van der Waals surface area contributed by atoms with Gasteiger partial charge in [-0.1, -0.05) is 68.3 Å². The molecule has 0 saturated heterocycles. The monoisotopic (exact) mass is 578 g/mol. The minimum Gasteiger partial charge on any atom is -0.507 e. The number of carbonyl (C=O) groups excluding carboxylic acids is 2. The van der Waals surface area contributed by atoms with Crippen LogP contribution in [0, 0.1) is 22.7 Å². The van der Waals surface area contributed by atoms with Crippen LogP contribution >= 0.6 is 31.9 Å². The molecule has 0 fully saturated rings. The van der Waals surface area contributed by atoms with Gasteiger partial charge in [-0.05, 0) is 47.5 Å². The predicted molar refractivity (Wildman–Crippen MR) is 133 cm³/mol. The molecule has 0 aromatic heterocycles. The van der Waals surface area contributed by atoms with Crippen LogP contribution in [0.5, 0.6) is 5.75 Å². The number of nitrogens with one attached hydrogen (secondary N) is 1. The van der Waals surface area contributed by atoms with E-state index in [0.29, 0.717) is 11.1 Å². The minimum absolute atomic E-state index is 0.0556. The van der Waals surface area contributed by atoms with E-state index in [-0.39, 0.29) is 17.0 Å². The van der Waals surface area contributed by atoms with Crippen LogP contribution in [-0.4, -0.2) is 22.5 Å². The number of benzene rings is 3. The number of para-hydroxylation sites is 1. The molecule has 0 heterocycles. The topological polar surface area (TPSA) is 126 Å². The summed E-state index contributed by atoms with van der Waals surface area (Å²) in [6.45, 7) is 0. The van der Waals surface area contributed by atoms with Crippen LogP contribution in [0.3, 0.4) is 0 Å². The second-order valence-electron chi connectivity index (χ2n) is 7.05. The Balaban J connectivity index is 2.04. The molecule has 2 N–H and O–H groups in total. The molecule has 0 aliphatic carbocycles. The summed E-state index contributed by atoms with van der Waals surface area (Å²) in [7, 11) is 0. The molecule has 0 saturated carbocycles. The molecular formula is C25H16Br2N4O3. The minimum atomic E-state index is -1.25. The maximum absolute atomic E-state index is 13.5. The van der Waals surface area contributed by atoms with Gasteiger partial charge in [0, 0.05) is 8.95 Å². The van der Waals surface area contributed by atoms with Crippen LogP contribution in [0.1, 0.15) is 33.3 Å². The summed E-state index contributed by atoms with van der Waals surface area (Å²) in [5.41, 5.74) is 2.77. The fraction of sp³-hybridized carbons (Fsp3) is 0.0800. The van der Waals surface area contributed by atoms with Crippen molar-refractivity contribution < 1.29 is 14.7 Å². The molecule has 1 amide bonds. The van der Waals surface area contributed by atoms with E-state index in [4.69, 9.17) is 0 Å². The summed E-state index contributed by atoms with van der Waals surface area (Å²) in [6, 6.07) is 23.2. The molecule has 3 aromatic rings. The SMILES string of the molecule is N#C[C@H](C(=O)/C(=N/NC(=O)c1ccccc1O)[C@@H](C#N)c1ccc(Br)cc1)c1ccc(Br)cc1. The molecule has 0 spiro atoms. The zero-order valence-corrected chi connectivity index (χ0v) is 20.6. The van der Waals surface area contributed by atoms with Gasteiger partial charge < -0.3 is 5.11 Å². The smallest absolute Gasteiger partial charge is 0.275 e. The Bertz CT molecular complexity index is 1320. The first-order chi connectivity index (χ1) is 16.3. The number of phenols is 1. The molecule has 0 radical (unpaired) electrons. The van der Waals surface area contributed by atoms with Crippen molar-refractivity contribution in [1.82, 2.24) is 5.43 Å². The zero-order chi connectivity index (χ0) is 24.7. The summed E-state index contributed by atoms with van der Waals surface area (Å²) >= 11 is 6.64. The number of phenolic OH excluding ortho intramolecular Hbond substituents is 1. The highest BCUT2D eigenvalue weighted by Gasteiger charge is 2.32. The average molecular weight is 580 g/mol. The molecule has 34 heavy (non-hydrogen) atoms. The van der Waals surface area contributed by atoms with Gasteiger partial charge in [-0.15, -0.1) is 0 Å².